The van der Waals surface area contributed by atoms with E-state index in [4.69, 9.17) is 0 Å². The van der Waals surface area contributed by atoms with Gasteiger partial charge in [-0.15, -0.1) is 0 Å². The molecule has 0 atom stereocenters. The van der Waals surface area contributed by atoms with Crippen molar-refractivity contribution in [2.24, 2.45) is 0 Å². The zero-order chi connectivity index (χ0) is 15.2. The first-order valence-corrected chi connectivity index (χ1v) is 6.55. The summed E-state index contributed by atoms with van der Waals surface area (Å²) in [6.07, 6.45) is 0.367. The van der Waals surface area contributed by atoms with Gasteiger partial charge in [0.05, 0.1) is 0 Å². The van der Waals surface area contributed by atoms with Gasteiger partial charge < -0.3 is 10.6 Å². The number of amides is 2. The molecule has 2 rings (SSSR count). The van der Waals surface area contributed by atoms with Crippen molar-refractivity contribution < 1.29 is 14.0 Å². The maximum atomic E-state index is 12.8. The smallest absolute Gasteiger partial charge is 0.255 e. The summed E-state index contributed by atoms with van der Waals surface area (Å²) in [5.74, 6) is -0.808. The van der Waals surface area contributed by atoms with E-state index in [1.165, 1.54) is 24.3 Å². The van der Waals surface area contributed by atoms with E-state index in [-0.39, 0.29) is 17.6 Å². The van der Waals surface area contributed by atoms with E-state index in [2.05, 4.69) is 10.6 Å². The molecule has 0 aliphatic heterocycles. The van der Waals surface area contributed by atoms with Gasteiger partial charge in [-0.25, -0.2) is 4.39 Å². The molecule has 2 aromatic carbocycles. The van der Waals surface area contributed by atoms with Crippen molar-refractivity contribution in [3.8, 4) is 0 Å². The Kier molecular flexibility index (Phi) is 4.66. The predicted octanol–water partition coefficient (Wildman–Crippen LogP) is 3.43. The van der Waals surface area contributed by atoms with Gasteiger partial charge in [-0.3, -0.25) is 9.59 Å². The Labute approximate surface area is 122 Å². The molecule has 0 saturated heterocycles. The minimum Gasteiger partial charge on any atom is -0.326 e. The second-order valence-electron chi connectivity index (χ2n) is 4.44. The minimum absolute atomic E-state index is 0.119. The highest BCUT2D eigenvalue weighted by Gasteiger charge is 2.08. The highest BCUT2D eigenvalue weighted by molar-refractivity contribution is 6.05. The van der Waals surface area contributed by atoms with Crippen molar-refractivity contribution in [3.05, 3.63) is 59.9 Å². The molecule has 2 amide bonds. The van der Waals surface area contributed by atoms with Crippen LogP contribution in [0.1, 0.15) is 23.7 Å². The molecule has 0 spiro atoms. The van der Waals surface area contributed by atoms with Crippen LogP contribution in [0, 0.1) is 5.82 Å². The maximum absolute atomic E-state index is 12.8. The first-order chi connectivity index (χ1) is 10.1. The molecule has 21 heavy (non-hydrogen) atoms. The lowest BCUT2D eigenvalue weighted by atomic mass is 10.1. The summed E-state index contributed by atoms with van der Waals surface area (Å²) in [7, 11) is 0. The second kappa shape index (κ2) is 6.65. The summed E-state index contributed by atoms with van der Waals surface area (Å²) in [5, 5.41) is 5.35. The number of carbonyl (C=O) groups is 2. The highest BCUT2D eigenvalue weighted by atomic mass is 19.1. The van der Waals surface area contributed by atoms with Crippen molar-refractivity contribution in [1.29, 1.82) is 0 Å². The molecule has 5 heteroatoms. The van der Waals surface area contributed by atoms with Crippen LogP contribution < -0.4 is 10.6 Å². The fourth-order valence-corrected chi connectivity index (χ4v) is 1.72. The van der Waals surface area contributed by atoms with Gasteiger partial charge in [0.15, 0.2) is 0 Å². The Hall–Kier alpha value is -2.69. The van der Waals surface area contributed by atoms with Gasteiger partial charge in [0.25, 0.3) is 5.91 Å². The van der Waals surface area contributed by atoms with Crippen molar-refractivity contribution in [2.75, 3.05) is 10.6 Å². The first-order valence-electron chi connectivity index (χ1n) is 6.55. The molecule has 0 unspecified atom stereocenters. The molecule has 2 N–H and O–H groups in total. The SMILES string of the molecule is CCC(=O)Nc1cccc(C(=O)Nc2ccc(F)cc2)c1. The van der Waals surface area contributed by atoms with Crippen LogP contribution in [0.5, 0.6) is 0 Å². The van der Waals surface area contributed by atoms with Gasteiger partial charge >= 0.3 is 0 Å². The number of anilines is 2. The van der Waals surface area contributed by atoms with Crippen molar-refractivity contribution >= 4 is 23.2 Å². The van der Waals surface area contributed by atoms with E-state index < -0.39 is 0 Å². The van der Waals surface area contributed by atoms with E-state index in [1.807, 2.05) is 0 Å². The topological polar surface area (TPSA) is 58.2 Å². The number of nitrogens with one attached hydrogen (secondary N) is 2. The van der Waals surface area contributed by atoms with Gasteiger partial charge in [0.1, 0.15) is 5.82 Å². The van der Waals surface area contributed by atoms with Crippen LogP contribution in [0.15, 0.2) is 48.5 Å². The van der Waals surface area contributed by atoms with Gasteiger partial charge in [-0.2, -0.15) is 0 Å². The van der Waals surface area contributed by atoms with Gasteiger partial charge in [-0.1, -0.05) is 13.0 Å². The lowest BCUT2D eigenvalue weighted by Gasteiger charge is -2.08. The average Bonchev–Trinajstić information content (AvgIpc) is 2.49. The van der Waals surface area contributed by atoms with Crippen LogP contribution in [0.3, 0.4) is 0 Å². The largest absolute Gasteiger partial charge is 0.326 e. The van der Waals surface area contributed by atoms with Crippen LogP contribution in [0.25, 0.3) is 0 Å². The normalized spacial score (nSPS) is 10.0. The zero-order valence-electron chi connectivity index (χ0n) is 11.5. The number of carbonyl (C=O) groups excluding carboxylic acids is 2. The lowest BCUT2D eigenvalue weighted by Crippen LogP contribution is -2.13. The Morgan fingerprint density at radius 1 is 1.00 bits per heavy atom. The average molecular weight is 286 g/mol. The highest BCUT2D eigenvalue weighted by Crippen LogP contribution is 2.14. The van der Waals surface area contributed by atoms with Crippen LogP contribution in [-0.2, 0) is 4.79 Å². The molecule has 4 nitrogen and oxygen atoms in total. The van der Waals surface area contributed by atoms with E-state index in [0.29, 0.717) is 23.4 Å². The fraction of sp³-hybridized carbons (Fsp3) is 0.125. The van der Waals surface area contributed by atoms with Gasteiger partial charge in [0, 0.05) is 23.4 Å². The van der Waals surface area contributed by atoms with E-state index in [0.717, 1.165) is 0 Å². The molecule has 108 valence electrons. The van der Waals surface area contributed by atoms with Crippen molar-refractivity contribution in [3.63, 3.8) is 0 Å². The Morgan fingerprint density at radius 2 is 1.71 bits per heavy atom. The van der Waals surface area contributed by atoms with Gasteiger partial charge in [0.2, 0.25) is 5.91 Å². The number of halogens is 1. The molecule has 0 saturated carbocycles. The summed E-state index contributed by atoms with van der Waals surface area (Å²) in [6, 6.07) is 12.1. The predicted molar refractivity (Wildman–Crippen MR) is 79.7 cm³/mol. The van der Waals surface area contributed by atoms with Crippen LogP contribution >= 0.6 is 0 Å². The monoisotopic (exact) mass is 286 g/mol. The quantitative estimate of drug-likeness (QED) is 0.904. The van der Waals surface area contributed by atoms with E-state index in [1.54, 1.807) is 31.2 Å². The number of benzene rings is 2. The number of hydrogen-bond donors (Lipinski definition) is 2. The van der Waals surface area contributed by atoms with Gasteiger partial charge in [-0.05, 0) is 42.5 Å². The summed E-state index contributed by atoms with van der Waals surface area (Å²) < 4.78 is 12.8. The lowest BCUT2D eigenvalue weighted by molar-refractivity contribution is -0.115. The Bertz CT molecular complexity index is 654. The third kappa shape index (κ3) is 4.14. The second-order valence-corrected chi connectivity index (χ2v) is 4.44. The molecule has 0 radical (unpaired) electrons. The standard InChI is InChI=1S/C16H15FN2O2/c1-2-15(20)18-14-5-3-4-11(10-14)16(21)19-13-8-6-12(17)7-9-13/h3-10H,2H2,1H3,(H,18,20)(H,19,21). The molecule has 0 fully saturated rings. The third-order valence-corrected chi connectivity index (χ3v) is 2.83. The van der Waals surface area contributed by atoms with Crippen molar-refractivity contribution in [2.45, 2.75) is 13.3 Å². The molecule has 0 heterocycles. The summed E-state index contributed by atoms with van der Waals surface area (Å²) in [6.45, 7) is 1.75. The first kappa shape index (κ1) is 14.7. The van der Waals surface area contributed by atoms with Crippen LogP contribution in [0.2, 0.25) is 0 Å². The minimum atomic E-state index is -0.364. The van der Waals surface area contributed by atoms with Crippen molar-refractivity contribution in [1.82, 2.24) is 0 Å². The Balaban J connectivity index is 2.10. The molecule has 0 bridgehead atoms. The molecular weight excluding hydrogens is 271 g/mol. The van der Waals surface area contributed by atoms with Crippen LogP contribution in [0.4, 0.5) is 15.8 Å². The number of hydrogen-bond acceptors (Lipinski definition) is 2. The third-order valence-electron chi connectivity index (χ3n) is 2.83. The Morgan fingerprint density at radius 3 is 2.38 bits per heavy atom. The molecule has 2 aromatic rings. The summed E-state index contributed by atoms with van der Waals surface area (Å²) in [4.78, 5) is 23.4. The molecular formula is C16H15FN2O2. The zero-order valence-corrected chi connectivity index (χ0v) is 11.5. The maximum Gasteiger partial charge on any atom is 0.255 e. The van der Waals surface area contributed by atoms with E-state index >= 15 is 0 Å². The number of rotatable bonds is 4. The fourth-order valence-electron chi connectivity index (χ4n) is 1.72. The summed E-state index contributed by atoms with van der Waals surface area (Å²) >= 11 is 0. The molecule has 0 aliphatic rings. The van der Waals surface area contributed by atoms with Crippen LogP contribution in [-0.4, -0.2) is 11.8 Å². The molecule has 0 aromatic heterocycles. The summed E-state index contributed by atoms with van der Waals surface area (Å²) in [5.41, 5.74) is 1.48. The van der Waals surface area contributed by atoms with E-state index in [9.17, 15) is 14.0 Å². The molecule has 0 aliphatic carbocycles.